The molecule has 1 heterocycles. The lowest BCUT2D eigenvalue weighted by atomic mass is 10.2. The minimum absolute atomic E-state index is 0.0234. The van der Waals surface area contributed by atoms with Gasteiger partial charge in [-0.3, -0.25) is 0 Å². The number of hydrogen-bond donors (Lipinski definition) is 1. The third-order valence-electron chi connectivity index (χ3n) is 2.54. The van der Waals surface area contributed by atoms with Crippen molar-refractivity contribution in [3.63, 3.8) is 0 Å². The van der Waals surface area contributed by atoms with Crippen molar-refractivity contribution in [1.82, 2.24) is 9.78 Å². The number of carbonyl (C=O) groups is 1. The Kier molecular flexibility index (Phi) is 4.27. The number of ether oxygens (including phenoxy) is 1. The van der Waals surface area contributed by atoms with Crippen molar-refractivity contribution in [2.75, 3.05) is 7.11 Å². The molecule has 0 atom stereocenters. The molecule has 1 aromatic heterocycles. The smallest absolute Gasteiger partial charge is 0.340 e. The maximum absolute atomic E-state index is 13.5. The van der Waals surface area contributed by atoms with E-state index in [0.717, 1.165) is 10.7 Å². The Morgan fingerprint density at radius 2 is 2.20 bits per heavy atom. The number of hydrogen-bond acceptors (Lipinski definition) is 3. The first-order chi connectivity index (χ1) is 9.45. The summed E-state index contributed by atoms with van der Waals surface area (Å²) in [6.07, 6.45) is 0. The Labute approximate surface area is 123 Å². The number of aromatic nitrogens is 2. The molecule has 20 heavy (non-hydrogen) atoms. The van der Waals surface area contributed by atoms with Crippen molar-refractivity contribution < 1.29 is 19.0 Å². The Bertz CT molecular complexity index is 673. The van der Waals surface area contributed by atoms with Gasteiger partial charge in [-0.1, -0.05) is 23.2 Å². The number of carboxylic acid groups (broad SMARTS) is 1. The van der Waals surface area contributed by atoms with E-state index in [1.807, 2.05) is 0 Å². The van der Waals surface area contributed by atoms with Gasteiger partial charge < -0.3 is 9.84 Å². The molecule has 0 saturated carbocycles. The molecule has 0 unspecified atom stereocenters. The largest absolute Gasteiger partial charge is 0.478 e. The van der Waals surface area contributed by atoms with Crippen LogP contribution in [0.3, 0.4) is 0 Å². The van der Waals surface area contributed by atoms with Crippen LogP contribution in [-0.4, -0.2) is 28.0 Å². The minimum atomic E-state index is -1.23. The Morgan fingerprint density at radius 3 is 2.75 bits per heavy atom. The van der Waals surface area contributed by atoms with Crippen LogP contribution in [0.15, 0.2) is 18.2 Å². The average molecular weight is 319 g/mol. The Morgan fingerprint density at radius 1 is 1.50 bits per heavy atom. The number of rotatable bonds is 4. The molecule has 0 aliphatic carbocycles. The number of nitrogens with zero attached hydrogens (tertiary/aromatic N) is 2. The van der Waals surface area contributed by atoms with Gasteiger partial charge in [0.2, 0.25) is 0 Å². The fourth-order valence-electron chi connectivity index (χ4n) is 1.68. The fourth-order valence-corrected chi connectivity index (χ4v) is 2.12. The van der Waals surface area contributed by atoms with Crippen molar-refractivity contribution in [3.05, 3.63) is 45.4 Å². The van der Waals surface area contributed by atoms with Crippen LogP contribution in [0.4, 0.5) is 4.39 Å². The van der Waals surface area contributed by atoms with Gasteiger partial charge in [0.1, 0.15) is 22.2 Å². The molecule has 0 aliphatic heterocycles. The van der Waals surface area contributed by atoms with Crippen molar-refractivity contribution in [3.8, 4) is 5.69 Å². The van der Waals surface area contributed by atoms with Crippen LogP contribution in [0, 0.1) is 5.82 Å². The molecule has 2 rings (SSSR count). The molecule has 1 aromatic carbocycles. The average Bonchev–Trinajstić information content (AvgIpc) is 2.70. The quantitative estimate of drug-likeness (QED) is 0.940. The lowest BCUT2D eigenvalue weighted by Gasteiger charge is -2.04. The van der Waals surface area contributed by atoms with Crippen LogP contribution >= 0.6 is 23.2 Å². The van der Waals surface area contributed by atoms with E-state index in [-0.39, 0.29) is 33.7 Å². The highest BCUT2D eigenvalue weighted by Gasteiger charge is 2.23. The topological polar surface area (TPSA) is 64.4 Å². The fraction of sp³-hybridized carbons (Fsp3) is 0.167. The number of methoxy groups -OCH3 is 1. The molecule has 0 amide bonds. The van der Waals surface area contributed by atoms with Crippen LogP contribution in [-0.2, 0) is 11.3 Å². The number of halogens is 3. The lowest BCUT2D eigenvalue weighted by molar-refractivity contribution is 0.0692. The molecule has 8 heteroatoms. The number of aromatic carboxylic acids is 1. The second-order valence-corrected chi connectivity index (χ2v) is 4.63. The van der Waals surface area contributed by atoms with E-state index in [2.05, 4.69) is 5.10 Å². The first-order valence-corrected chi connectivity index (χ1v) is 6.16. The molecule has 0 fully saturated rings. The highest BCUT2D eigenvalue weighted by molar-refractivity contribution is 6.33. The van der Waals surface area contributed by atoms with Gasteiger partial charge in [0, 0.05) is 13.2 Å². The van der Waals surface area contributed by atoms with Crippen molar-refractivity contribution in [1.29, 1.82) is 0 Å². The zero-order valence-corrected chi connectivity index (χ0v) is 11.7. The molecule has 0 radical (unpaired) electrons. The summed E-state index contributed by atoms with van der Waals surface area (Å²) in [6, 6.07) is 3.93. The molecule has 0 spiro atoms. The van der Waals surface area contributed by atoms with E-state index < -0.39 is 11.8 Å². The highest BCUT2D eigenvalue weighted by Crippen LogP contribution is 2.26. The van der Waals surface area contributed by atoms with E-state index in [9.17, 15) is 9.18 Å². The van der Waals surface area contributed by atoms with Gasteiger partial charge in [-0.15, -0.1) is 0 Å². The molecule has 106 valence electrons. The van der Waals surface area contributed by atoms with E-state index >= 15 is 0 Å². The van der Waals surface area contributed by atoms with Crippen LogP contribution < -0.4 is 0 Å². The summed E-state index contributed by atoms with van der Waals surface area (Å²) in [7, 11) is 1.40. The van der Waals surface area contributed by atoms with E-state index in [0.29, 0.717) is 0 Å². The summed E-state index contributed by atoms with van der Waals surface area (Å²) >= 11 is 11.6. The maximum Gasteiger partial charge on any atom is 0.340 e. The summed E-state index contributed by atoms with van der Waals surface area (Å²) in [5.41, 5.74) is 0.242. The molecular formula is C12H9Cl2FN2O3. The molecule has 0 saturated heterocycles. The van der Waals surface area contributed by atoms with E-state index in [4.69, 9.17) is 33.0 Å². The van der Waals surface area contributed by atoms with Gasteiger partial charge in [0.25, 0.3) is 0 Å². The van der Waals surface area contributed by atoms with E-state index in [1.165, 1.54) is 19.2 Å². The van der Waals surface area contributed by atoms with Crippen molar-refractivity contribution in [2.45, 2.75) is 6.61 Å². The van der Waals surface area contributed by atoms with Gasteiger partial charge in [-0.05, 0) is 12.1 Å². The predicted molar refractivity (Wildman–Crippen MR) is 71.2 cm³/mol. The van der Waals surface area contributed by atoms with Crippen molar-refractivity contribution >= 4 is 29.2 Å². The predicted octanol–water partition coefficient (Wildman–Crippen LogP) is 3.16. The Hall–Kier alpha value is -1.63. The summed E-state index contributed by atoms with van der Waals surface area (Å²) in [4.78, 5) is 11.2. The normalized spacial score (nSPS) is 10.8. The molecule has 0 aliphatic rings. The third-order valence-corrected chi connectivity index (χ3v) is 3.20. The van der Waals surface area contributed by atoms with Crippen LogP contribution in [0.25, 0.3) is 5.69 Å². The SMILES string of the molecule is COCc1nn(-c2ccc(Cl)c(F)c2)c(Cl)c1C(=O)O. The van der Waals surface area contributed by atoms with Gasteiger partial charge in [0.15, 0.2) is 0 Å². The monoisotopic (exact) mass is 318 g/mol. The third kappa shape index (κ3) is 2.63. The maximum atomic E-state index is 13.5. The van der Waals surface area contributed by atoms with Crippen LogP contribution in [0.2, 0.25) is 10.2 Å². The van der Waals surface area contributed by atoms with Gasteiger partial charge in [0.05, 0.1) is 17.3 Å². The molecule has 5 nitrogen and oxygen atoms in total. The van der Waals surface area contributed by atoms with Crippen molar-refractivity contribution in [2.24, 2.45) is 0 Å². The molecule has 2 aromatic rings. The zero-order valence-electron chi connectivity index (χ0n) is 10.2. The van der Waals surface area contributed by atoms with Crippen LogP contribution in [0.1, 0.15) is 16.1 Å². The highest BCUT2D eigenvalue weighted by atomic mass is 35.5. The van der Waals surface area contributed by atoms with Gasteiger partial charge in [-0.2, -0.15) is 5.10 Å². The first-order valence-electron chi connectivity index (χ1n) is 5.40. The Balaban J connectivity index is 2.59. The van der Waals surface area contributed by atoms with Gasteiger partial charge in [-0.25, -0.2) is 13.9 Å². The molecule has 1 N–H and O–H groups in total. The molecule has 0 bridgehead atoms. The zero-order chi connectivity index (χ0) is 14.9. The van der Waals surface area contributed by atoms with Gasteiger partial charge >= 0.3 is 5.97 Å². The number of carboxylic acids is 1. The summed E-state index contributed by atoms with van der Waals surface area (Å²) in [6.45, 7) is -0.0234. The minimum Gasteiger partial charge on any atom is -0.478 e. The first kappa shape index (κ1) is 14.8. The molecular weight excluding hydrogens is 310 g/mol. The lowest BCUT2D eigenvalue weighted by Crippen LogP contribution is -2.01. The standard InChI is InChI=1S/C12H9Cl2FN2O3/c1-20-5-9-10(12(18)19)11(14)17(16-9)6-2-3-7(13)8(15)4-6/h2-4H,5H2,1H3,(H,18,19). The summed E-state index contributed by atoms with van der Waals surface area (Å²) in [5.74, 6) is -1.89. The van der Waals surface area contributed by atoms with Crippen LogP contribution in [0.5, 0.6) is 0 Å². The second-order valence-electron chi connectivity index (χ2n) is 3.86. The summed E-state index contributed by atoms with van der Waals surface area (Å²) in [5, 5.41) is 13.0. The number of benzene rings is 1. The van der Waals surface area contributed by atoms with E-state index in [1.54, 1.807) is 0 Å². The second kappa shape index (κ2) is 5.78. The summed E-state index contributed by atoms with van der Waals surface area (Å²) < 4.78 is 19.4.